The lowest BCUT2D eigenvalue weighted by molar-refractivity contribution is -0.194. The van der Waals surface area contributed by atoms with E-state index in [-0.39, 0.29) is 48.5 Å². The van der Waals surface area contributed by atoms with Gasteiger partial charge in [-0.2, -0.15) is 8.78 Å². The summed E-state index contributed by atoms with van der Waals surface area (Å²) in [4.78, 5) is 29.8. The number of aliphatic hydroxyl groups excluding tert-OH is 1. The van der Waals surface area contributed by atoms with Gasteiger partial charge in [0, 0.05) is 24.7 Å². The van der Waals surface area contributed by atoms with E-state index < -0.39 is 41.3 Å². The molecule has 2 atom stereocenters. The molecule has 1 aromatic heterocycles. The number of fused-ring (bicyclic) bond motifs is 1. The van der Waals surface area contributed by atoms with E-state index in [9.17, 15) is 24.2 Å². The fourth-order valence-electron chi connectivity index (χ4n) is 6.12. The predicted octanol–water partition coefficient (Wildman–Crippen LogP) is 3.37. The molecule has 2 unspecified atom stereocenters. The lowest BCUT2D eigenvalue weighted by Crippen LogP contribution is -2.60. The number of alkyl halides is 2. The van der Waals surface area contributed by atoms with Crippen molar-refractivity contribution in [3.63, 3.8) is 0 Å². The first-order valence-corrected chi connectivity index (χ1v) is 12.6. The number of anilines is 1. The molecule has 3 aliphatic rings. The summed E-state index contributed by atoms with van der Waals surface area (Å²) in [6.45, 7) is 0. The Labute approximate surface area is 216 Å². The number of carbonyl (C=O) groups is 2. The smallest absolute Gasteiger partial charge is 0.352 e. The standard InChI is InChI=1S/C25H28ClF3N4O4/c1-33-11-30-20(21(33)22(35)31-15-2-3-19(27)18(26)8-15)12-4-13-9-24(37,10-14(13)5-12)25(28,29)23(36)32-16-6-17(34)7-16/h2-3,8,11-14,16-17,34,37H,4-7,9-10H2,1H3,(H,31,35)(H,32,36). The fourth-order valence-corrected chi connectivity index (χ4v) is 6.30. The molecule has 0 saturated heterocycles. The first-order chi connectivity index (χ1) is 17.4. The molecule has 0 bridgehead atoms. The van der Waals surface area contributed by atoms with Crippen molar-refractivity contribution in [1.29, 1.82) is 0 Å². The summed E-state index contributed by atoms with van der Waals surface area (Å²) in [7, 11) is 1.66. The van der Waals surface area contributed by atoms with Crippen LogP contribution in [0.2, 0.25) is 5.02 Å². The van der Waals surface area contributed by atoms with Crippen LogP contribution in [0.15, 0.2) is 24.5 Å². The van der Waals surface area contributed by atoms with Crippen molar-refractivity contribution < 1.29 is 33.0 Å². The molecule has 12 heteroatoms. The Bertz CT molecular complexity index is 1220. The normalized spacial score (nSPS) is 31.1. The number of halogens is 4. The lowest BCUT2D eigenvalue weighted by atomic mass is 9.85. The number of aryl methyl sites for hydroxylation is 1. The quantitative estimate of drug-likeness (QED) is 0.448. The van der Waals surface area contributed by atoms with Crippen LogP contribution in [0, 0.1) is 17.7 Å². The number of amides is 2. The minimum atomic E-state index is -3.96. The average molecular weight is 541 g/mol. The first-order valence-electron chi connectivity index (χ1n) is 12.2. The van der Waals surface area contributed by atoms with Gasteiger partial charge in [-0.3, -0.25) is 9.59 Å². The summed E-state index contributed by atoms with van der Waals surface area (Å²) in [5.41, 5.74) is -1.31. The lowest BCUT2D eigenvalue weighted by Gasteiger charge is -2.37. The van der Waals surface area contributed by atoms with Crippen molar-refractivity contribution in [3.8, 4) is 0 Å². The molecule has 1 heterocycles. The van der Waals surface area contributed by atoms with Gasteiger partial charge in [-0.25, -0.2) is 9.37 Å². The summed E-state index contributed by atoms with van der Waals surface area (Å²) in [6.07, 6.45) is 1.77. The number of nitrogens with one attached hydrogen (secondary N) is 2. The maximum atomic E-state index is 15.1. The Hall–Kier alpha value is -2.63. The monoisotopic (exact) mass is 540 g/mol. The zero-order chi connectivity index (χ0) is 26.7. The third-order valence-corrected chi connectivity index (χ3v) is 8.39. The third kappa shape index (κ3) is 4.61. The second-order valence-corrected chi connectivity index (χ2v) is 11.1. The molecule has 2 amide bonds. The first kappa shape index (κ1) is 26.0. The van der Waals surface area contributed by atoms with E-state index in [1.165, 1.54) is 18.5 Å². The molecule has 3 saturated carbocycles. The van der Waals surface area contributed by atoms with Gasteiger partial charge in [-0.15, -0.1) is 0 Å². The molecule has 37 heavy (non-hydrogen) atoms. The van der Waals surface area contributed by atoms with Crippen LogP contribution in [0.3, 0.4) is 0 Å². The average Bonchev–Trinajstić information content (AvgIpc) is 3.46. The van der Waals surface area contributed by atoms with Gasteiger partial charge in [0.15, 0.2) is 0 Å². The highest BCUT2D eigenvalue weighted by Crippen LogP contribution is 2.57. The minimum absolute atomic E-state index is 0.130. The number of rotatable bonds is 6. The molecule has 0 aliphatic heterocycles. The number of benzene rings is 1. The Morgan fingerprint density at radius 2 is 1.84 bits per heavy atom. The summed E-state index contributed by atoms with van der Waals surface area (Å²) < 4.78 is 45.1. The molecule has 2 aromatic rings. The zero-order valence-corrected chi connectivity index (χ0v) is 20.8. The Balaban J connectivity index is 1.26. The summed E-state index contributed by atoms with van der Waals surface area (Å²) in [5, 5.41) is 25.0. The van der Waals surface area contributed by atoms with Crippen LogP contribution in [0.1, 0.15) is 60.6 Å². The number of aliphatic hydroxyl groups is 2. The zero-order valence-electron chi connectivity index (χ0n) is 20.1. The molecule has 0 spiro atoms. The van der Waals surface area contributed by atoms with Crippen LogP contribution in [0.5, 0.6) is 0 Å². The summed E-state index contributed by atoms with van der Waals surface area (Å²) in [5.74, 6) is -7.23. The molecule has 8 nitrogen and oxygen atoms in total. The Morgan fingerprint density at radius 1 is 1.19 bits per heavy atom. The molecule has 1 aromatic carbocycles. The van der Waals surface area contributed by atoms with Crippen molar-refractivity contribution >= 4 is 29.1 Å². The van der Waals surface area contributed by atoms with Gasteiger partial charge in [0.2, 0.25) is 0 Å². The van der Waals surface area contributed by atoms with Crippen molar-refractivity contribution in [2.24, 2.45) is 18.9 Å². The van der Waals surface area contributed by atoms with Gasteiger partial charge in [0.05, 0.1) is 23.1 Å². The van der Waals surface area contributed by atoms with E-state index in [0.717, 1.165) is 6.07 Å². The Morgan fingerprint density at radius 3 is 2.43 bits per heavy atom. The van der Waals surface area contributed by atoms with E-state index in [2.05, 4.69) is 15.6 Å². The molecule has 200 valence electrons. The van der Waals surface area contributed by atoms with Crippen LogP contribution in [-0.4, -0.2) is 55.2 Å². The SMILES string of the molecule is Cn1cnc(C2CC3CC(O)(C(F)(F)C(=O)NC4CC(O)C4)CC3C2)c1C(=O)Nc1ccc(F)c(Cl)c1. The fraction of sp³-hybridized carbons (Fsp3) is 0.560. The number of nitrogens with zero attached hydrogens (tertiary/aromatic N) is 2. The maximum Gasteiger partial charge on any atom is 0.352 e. The second kappa shape index (κ2) is 9.28. The number of hydrogen-bond acceptors (Lipinski definition) is 5. The van der Waals surface area contributed by atoms with E-state index in [4.69, 9.17) is 11.6 Å². The van der Waals surface area contributed by atoms with Crippen molar-refractivity contribution in [3.05, 3.63) is 46.8 Å². The number of carbonyl (C=O) groups excluding carboxylic acids is 2. The topological polar surface area (TPSA) is 116 Å². The second-order valence-electron chi connectivity index (χ2n) is 10.7. The molecule has 3 fully saturated rings. The van der Waals surface area contributed by atoms with Crippen LogP contribution in [0.25, 0.3) is 0 Å². The predicted molar refractivity (Wildman–Crippen MR) is 128 cm³/mol. The molecule has 4 N–H and O–H groups in total. The molecule has 3 aliphatic carbocycles. The van der Waals surface area contributed by atoms with Gasteiger partial charge >= 0.3 is 5.92 Å². The number of hydrogen-bond donors (Lipinski definition) is 4. The van der Waals surface area contributed by atoms with Crippen LogP contribution < -0.4 is 10.6 Å². The summed E-state index contributed by atoms with van der Waals surface area (Å²) >= 11 is 5.81. The molecular formula is C25H28ClF3N4O4. The highest BCUT2D eigenvalue weighted by Gasteiger charge is 2.64. The van der Waals surface area contributed by atoms with Crippen LogP contribution in [0.4, 0.5) is 18.9 Å². The number of aromatic nitrogens is 2. The summed E-state index contributed by atoms with van der Waals surface area (Å²) in [6, 6.07) is 3.32. The largest absolute Gasteiger partial charge is 0.393 e. The van der Waals surface area contributed by atoms with Crippen LogP contribution >= 0.6 is 11.6 Å². The van der Waals surface area contributed by atoms with Gasteiger partial charge in [0.1, 0.15) is 17.1 Å². The van der Waals surface area contributed by atoms with Gasteiger partial charge in [-0.05, 0) is 68.6 Å². The van der Waals surface area contributed by atoms with Crippen molar-refractivity contribution in [2.75, 3.05) is 5.32 Å². The van der Waals surface area contributed by atoms with Crippen molar-refractivity contribution in [1.82, 2.24) is 14.9 Å². The molecule has 0 radical (unpaired) electrons. The Kier molecular flexibility index (Phi) is 6.52. The third-order valence-electron chi connectivity index (χ3n) is 8.10. The number of imidazole rings is 1. The minimum Gasteiger partial charge on any atom is -0.393 e. The highest BCUT2D eigenvalue weighted by molar-refractivity contribution is 6.31. The van der Waals surface area contributed by atoms with Gasteiger partial charge < -0.3 is 25.4 Å². The van der Waals surface area contributed by atoms with Gasteiger partial charge in [0.25, 0.3) is 11.8 Å². The highest BCUT2D eigenvalue weighted by atomic mass is 35.5. The van der Waals surface area contributed by atoms with Crippen molar-refractivity contribution in [2.45, 2.75) is 68.1 Å². The van der Waals surface area contributed by atoms with E-state index in [1.807, 2.05) is 0 Å². The molecular weight excluding hydrogens is 513 g/mol. The van der Waals surface area contributed by atoms with E-state index >= 15 is 8.78 Å². The van der Waals surface area contributed by atoms with E-state index in [1.54, 1.807) is 11.6 Å². The van der Waals surface area contributed by atoms with E-state index in [0.29, 0.717) is 29.9 Å². The van der Waals surface area contributed by atoms with Gasteiger partial charge in [-0.1, -0.05) is 11.6 Å². The van der Waals surface area contributed by atoms with Crippen LogP contribution in [-0.2, 0) is 11.8 Å². The maximum absolute atomic E-state index is 15.1. The molecule has 5 rings (SSSR count).